The Morgan fingerprint density at radius 1 is 0.667 bits per heavy atom. The second-order valence-corrected chi connectivity index (χ2v) is 10.9. The van der Waals surface area contributed by atoms with Gasteiger partial charge in [0.1, 0.15) is 19.3 Å². The number of allylic oxidation sites excluding steroid dienone is 5. The summed E-state index contributed by atoms with van der Waals surface area (Å²) in [6, 6.07) is 0. The minimum absolute atomic E-state index is 0.144. The summed E-state index contributed by atoms with van der Waals surface area (Å²) in [7, 11) is 0. The molecule has 2 N–H and O–H groups in total. The summed E-state index contributed by atoms with van der Waals surface area (Å²) in [4.78, 5) is 23.7. The number of carbonyl (C=O) groups is 2. The number of carbonyl (C=O) groups excluding carboxylic acids is 2. The van der Waals surface area contributed by atoms with E-state index in [0.29, 0.717) is 12.8 Å². The zero-order valence-corrected chi connectivity index (χ0v) is 25.2. The van der Waals surface area contributed by atoms with Gasteiger partial charge in [0, 0.05) is 12.8 Å². The predicted molar refractivity (Wildman–Crippen MR) is 160 cm³/mol. The smallest absolute Gasteiger partial charge is 0.305 e. The maximum absolute atomic E-state index is 11.9. The van der Waals surface area contributed by atoms with Crippen LogP contribution in [0.3, 0.4) is 0 Å². The third kappa shape index (κ3) is 28.9. The molecule has 0 aliphatic heterocycles. The third-order valence-corrected chi connectivity index (χ3v) is 6.42. The van der Waals surface area contributed by atoms with Gasteiger partial charge in [0.15, 0.2) is 0 Å². The molecule has 0 saturated carbocycles. The van der Waals surface area contributed by atoms with Crippen molar-refractivity contribution in [1.29, 1.82) is 0 Å². The lowest BCUT2D eigenvalue weighted by molar-refractivity contribution is -0.152. The van der Waals surface area contributed by atoms with E-state index in [2.05, 4.69) is 39.0 Å². The van der Waals surface area contributed by atoms with Crippen molar-refractivity contribution in [3.05, 3.63) is 36.5 Å². The molecule has 6 heteroatoms. The van der Waals surface area contributed by atoms with E-state index in [1.165, 1.54) is 25.7 Å². The maximum Gasteiger partial charge on any atom is 0.305 e. The summed E-state index contributed by atoms with van der Waals surface area (Å²) in [5.41, 5.74) is 0. The lowest BCUT2D eigenvalue weighted by Gasteiger charge is -2.12. The molecule has 226 valence electrons. The zero-order chi connectivity index (χ0) is 29.0. The van der Waals surface area contributed by atoms with Gasteiger partial charge < -0.3 is 19.7 Å². The molecule has 0 aromatic heterocycles. The molecule has 0 aliphatic carbocycles. The number of esters is 2. The van der Waals surface area contributed by atoms with E-state index in [-0.39, 0.29) is 25.2 Å². The number of ether oxygens (including phenoxy) is 2. The van der Waals surface area contributed by atoms with Gasteiger partial charge >= 0.3 is 11.9 Å². The fourth-order valence-corrected chi connectivity index (χ4v) is 4.04. The van der Waals surface area contributed by atoms with Gasteiger partial charge in [-0.05, 0) is 38.0 Å². The van der Waals surface area contributed by atoms with Crippen LogP contribution in [-0.2, 0) is 19.1 Å². The summed E-state index contributed by atoms with van der Waals surface area (Å²) >= 11 is 0. The standard InChI is InChI=1S/C33H58O6/c1-4-5-6-7-8-13-18-23-30(34)24-19-14-11-16-21-26-33(37)39-28-31(35)27-38-32(36)25-20-15-10-9-12-17-22-29(2)3/h5-6,8,13,18,23,29-31,34-35H,4,7,9-12,14-17,19-22,24-28H2,1-3H3/b6-5+,13-8+,23-18+/t30?,31-/m1/s1. The third-order valence-electron chi connectivity index (χ3n) is 6.42. The van der Waals surface area contributed by atoms with Crippen molar-refractivity contribution < 1.29 is 29.3 Å². The maximum atomic E-state index is 11.9. The normalized spacial score (nSPS) is 13.6. The van der Waals surface area contributed by atoms with Crippen molar-refractivity contribution in [1.82, 2.24) is 0 Å². The Morgan fingerprint density at radius 2 is 1.18 bits per heavy atom. The second kappa shape index (κ2) is 27.6. The van der Waals surface area contributed by atoms with Crippen LogP contribution >= 0.6 is 0 Å². The first-order valence-electron chi connectivity index (χ1n) is 15.5. The summed E-state index contributed by atoms with van der Waals surface area (Å²) < 4.78 is 10.2. The van der Waals surface area contributed by atoms with Crippen molar-refractivity contribution in [2.45, 2.75) is 142 Å². The molecular weight excluding hydrogens is 492 g/mol. The molecule has 0 spiro atoms. The van der Waals surface area contributed by atoms with Crippen LogP contribution in [0.2, 0.25) is 0 Å². The minimum Gasteiger partial charge on any atom is -0.463 e. The summed E-state index contributed by atoms with van der Waals surface area (Å²) in [5.74, 6) is 0.119. The van der Waals surface area contributed by atoms with Crippen molar-refractivity contribution >= 4 is 11.9 Å². The molecular formula is C33H58O6. The van der Waals surface area contributed by atoms with E-state index in [1.807, 2.05) is 18.2 Å². The number of aliphatic hydroxyl groups is 2. The quantitative estimate of drug-likeness (QED) is 0.0494. The van der Waals surface area contributed by atoms with Crippen molar-refractivity contribution in [2.75, 3.05) is 13.2 Å². The monoisotopic (exact) mass is 550 g/mol. The van der Waals surface area contributed by atoms with Crippen LogP contribution in [0.1, 0.15) is 130 Å². The average Bonchev–Trinajstić information content (AvgIpc) is 2.90. The zero-order valence-electron chi connectivity index (χ0n) is 25.2. The molecule has 0 radical (unpaired) electrons. The molecule has 0 aliphatic rings. The molecule has 0 amide bonds. The molecule has 0 heterocycles. The van der Waals surface area contributed by atoms with Crippen LogP contribution < -0.4 is 0 Å². The van der Waals surface area contributed by atoms with E-state index in [4.69, 9.17) is 9.47 Å². The largest absolute Gasteiger partial charge is 0.463 e. The molecule has 39 heavy (non-hydrogen) atoms. The topological polar surface area (TPSA) is 93.1 Å². The van der Waals surface area contributed by atoms with Crippen LogP contribution in [0, 0.1) is 5.92 Å². The molecule has 2 atom stereocenters. The highest BCUT2D eigenvalue weighted by molar-refractivity contribution is 5.69. The van der Waals surface area contributed by atoms with Crippen LogP contribution in [-0.4, -0.2) is 47.6 Å². The lowest BCUT2D eigenvalue weighted by Crippen LogP contribution is -2.25. The first-order chi connectivity index (χ1) is 18.8. The number of hydrogen-bond donors (Lipinski definition) is 2. The van der Waals surface area contributed by atoms with Gasteiger partial charge in [-0.25, -0.2) is 0 Å². The molecule has 6 nitrogen and oxygen atoms in total. The first-order valence-corrected chi connectivity index (χ1v) is 15.5. The van der Waals surface area contributed by atoms with Gasteiger partial charge in [-0.2, -0.15) is 0 Å². The fourth-order valence-electron chi connectivity index (χ4n) is 4.04. The highest BCUT2D eigenvalue weighted by Crippen LogP contribution is 2.13. The molecule has 0 rings (SSSR count). The van der Waals surface area contributed by atoms with Crippen molar-refractivity contribution in [3.8, 4) is 0 Å². The van der Waals surface area contributed by atoms with Crippen LogP contribution in [0.4, 0.5) is 0 Å². The molecule has 0 fully saturated rings. The highest BCUT2D eigenvalue weighted by atomic mass is 16.6. The highest BCUT2D eigenvalue weighted by Gasteiger charge is 2.12. The van der Waals surface area contributed by atoms with Gasteiger partial charge in [0.25, 0.3) is 0 Å². The van der Waals surface area contributed by atoms with Gasteiger partial charge in [0.05, 0.1) is 6.10 Å². The van der Waals surface area contributed by atoms with Gasteiger partial charge in [-0.1, -0.05) is 121 Å². The van der Waals surface area contributed by atoms with Gasteiger partial charge in [0.2, 0.25) is 0 Å². The van der Waals surface area contributed by atoms with Crippen LogP contribution in [0.5, 0.6) is 0 Å². The number of rotatable bonds is 26. The number of hydrogen-bond acceptors (Lipinski definition) is 6. The first kappa shape index (κ1) is 37.1. The Morgan fingerprint density at radius 3 is 1.72 bits per heavy atom. The SMILES string of the molecule is CC/C=C/C/C=C/C=C/C(O)CCCCCCCC(=O)OC[C@H](O)COC(=O)CCCCCCCCC(C)C. The Kier molecular flexibility index (Phi) is 26.3. The van der Waals surface area contributed by atoms with E-state index >= 15 is 0 Å². The summed E-state index contributed by atoms with van der Waals surface area (Å²) in [6.45, 7) is 6.31. The molecule has 0 aromatic carbocycles. The van der Waals surface area contributed by atoms with Crippen molar-refractivity contribution in [3.63, 3.8) is 0 Å². The fraction of sp³-hybridized carbons (Fsp3) is 0.758. The molecule has 1 unspecified atom stereocenters. The van der Waals surface area contributed by atoms with E-state index < -0.39 is 12.2 Å². The molecule has 0 saturated heterocycles. The Balaban J connectivity index is 3.59. The Hall–Kier alpha value is -1.92. The second-order valence-electron chi connectivity index (χ2n) is 10.9. The van der Waals surface area contributed by atoms with Crippen LogP contribution in [0.25, 0.3) is 0 Å². The van der Waals surface area contributed by atoms with Crippen LogP contribution in [0.15, 0.2) is 36.5 Å². The summed E-state index contributed by atoms with van der Waals surface area (Å²) in [5, 5.41) is 19.9. The summed E-state index contributed by atoms with van der Waals surface area (Å²) in [6.07, 6.45) is 26.6. The van der Waals surface area contributed by atoms with E-state index in [0.717, 1.165) is 76.5 Å². The predicted octanol–water partition coefficient (Wildman–Crippen LogP) is 7.77. The number of aliphatic hydroxyl groups excluding tert-OH is 2. The van der Waals surface area contributed by atoms with Gasteiger partial charge in [-0.3, -0.25) is 9.59 Å². The van der Waals surface area contributed by atoms with E-state index in [9.17, 15) is 19.8 Å². The Labute approximate surface area is 238 Å². The lowest BCUT2D eigenvalue weighted by atomic mass is 10.0. The average molecular weight is 551 g/mol. The van der Waals surface area contributed by atoms with Crippen molar-refractivity contribution in [2.24, 2.45) is 5.92 Å². The minimum atomic E-state index is -0.993. The van der Waals surface area contributed by atoms with E-state index in [1.54, 1.807) is 0 Å². The van der Waals surface area contributed by atoms with Gasteiger partial charge in [-0.15, -0.1) is 0 Å². The Bertz CT molecular complexity index is 667. The molecule has 0 bridgehead atoms. The molecule has 0 aromatic rings. The number of unbranched alkanes of at least 4 members (excludes halogenated alkanes) is 9.